The van der Waals surface area contributed by atoms with E-state index in [9.17, 15) is 9.59 Å². The number of piperazine rings is 1. The number of carbonyl (C=O) groups excluding carboxylic acids is 2. The third-order valence-electron chi connectivity index (χ3n) is 4.25. The normalized spacial score (nSPS) is 15.2. The highest BCUT2D eigenvalue weighted by Crippen LogP contribution is 2.17. The molecule has 2 aromatic rings. The Morgan fingerprint density at radius 3 is 2.64 bits per heavy atom. The van der Waals surface area contributed by atoms with Crippen LogP contribution in [0.15, 0.2) is 41.0 Å². The number of nitrogens with zero attached hydrogens (tertiary/aromatic N) is 2. The van der Waals surface area contributed by atoms with Gasteiger partial charge in [0, 0.05) is 36.8 Å². The van der Waals surface area contributed by atoms with Crippen LogP contribution >= 0.6 is 11.6 Å². The van der Waals surface area contributed by atoms with Crippen molar-refractivity contribution in [1.82, 2.24) is 9.80 Å². The molecule has 1 aromatic heterocycles. The van der Waals surface area contributed by atoms with Gasteiger partial charge in [0.15, 0.2) is 0 Å². The van der Waals surface area contributed by atoms with Crippen LogP contribution in [0.3, 0.4) is 0 Å². The second kappa shape index (κ2) is 7.72. The highest BCUT2D eigenvalue weighted by Gasteiger charge is 2.24. The molecule has 0 aliphatic carbocycles. The van der Waals surface area contributed by atoms with E-state index < -0.39 is 5.97 Å². The Labute approximate surface area is 150 Å². The largest absolute Gasteiger partial charge is 0.467 e. The van der Waals surface area contributed by atoms with Gasteiger partial charge in [-0.2, -0.15) is 0 Å². The van der Waals surface area contributed by atoms with Gasteiger partial charge in [0.2, 0.25) is 0 Å². The van der Waals surface area contributed by atoms with Gasteiger partial charge in [-0.3, -0.25) is 9.69 Å². The van der Waals surface area contributed by atoms with Crippen LogP contribution in [-0.2, 0) is 11.3 Å². The number of esters is 1. The monoisotopic (exact) mass is 362 g/mol. The molecule has 0 atom stereocenters. The number of carbonyl (C=O) groups is 2. The van der Waals surface area contributed by atoms with Gasteiger partial charge >= 0.3 is 5.97 Å². The van der Waals surface area contributed by atoms with E-state index in [4.69, 9.17) is 20.8 Å². The number of furan rings is 1. The third-order valence-corrected chi connectivity index (χ3v) is 4.48. The van der Waals surface area contributed by atoms with Crippen molar-refractivity contribution in [2.45, 2.75) is 6.54 Å². The van der Waals surface area contributed by atoms with E-state index in [1.54, 1.807) is 30.3 Å². The summed E-state index contributed by atoms with van der Waals surface area (Å²) in [5.41, 5.74) is 1.04. The number of methoxy groups -OCH3 is 1. The summed E-state index contributed by atoms with van der Waals surface area (Å²) in [5, 5.41) is 0.553. The van der Waals surface area contributed by atoms with Gasteiger partial charge in [-0.05, 0) is 24.3 Å². The molecule has 1 amide bonds. The Balaban J connectivity index is 1.58. The molecule has 0 radical (unpaired) electrons. The molecule has 7 heteroatoms. The molecule has 3 rings (SSSR count). The number of hydrogen-bond acceptors (Lipinski definition) is 5. The fraction of sp³-hybridized carbons (Fsp3) is 0.333. The number of ether oxygens (including phenoxy) is 1. The Kier molecular flexibility index (Phi) is 5.40. The molecule has 132 valence electrons. The lowest BCUT2D eigenvalue weighted by molar-refractivity contribution is 0.0590. The predicted octanol–water partition coefficient (Wildman–Crippen LogP) is 2.68. The number of halogens is 1. The summed E-state index contributed by atoms with van der Waals surface area (Å²) >= 11 is 5.96. The Bertz CT molecular complexity index is 766. The van der Waals surface area contributed by atoms with Crippen molar-refractivity contribution in [3.05, 3.63) is 58.5 Å². The van der Waals surface area contributed by atoms with Crippen molar-refractivity contribution in [3.8, 4) is 0 Å². The van der Waals surface area contributed by atoms with Crippen LogP contribution in [-0.4, -0.2) is 55.0 Å². The molecule has 6 nitrogen and oxygen atoms in total. The first kappa shape index (κ1) is 17.5. The number of benzene rings is 1. The molecule has 0 spiro atoms. The van der Waals surface area contributed by atoms with E-state index in [-0.39, 0.29) is 5.91 Å². The molecule has 0 unspecified atom stereocenters. The van der Waals surface area contributed by atoms with Crippen LogP contribution in [0.5, 0.6) is 0 Å². The van der Waals surface area contributed by atoms with E-state index in [0.29, 0.717) is 54.6 Å². The fourth-order valence-electron chi connectivity index (χ4n) is 2.87. The van der Waals surface area contributed by atoms with Crippen LogP contribution in [0, 0.1) is 0 Å². The van der Waals surface area contributed by atoms with Crippen LogP contribution in [0.25, 0.3) is 0 Å². The fourth-order valence-corrected chi connectivity index (χ4v) is 3.06. The molecule has 0 N–H and O–H groups in total. The highest BCUT2D eigenvalue weighted by atomic mass is 35.5. The standard InChI is InChI=1S/C18H19ClN2O4/c1-24-18(23)15-5-10-25-16(15)12-20-6-8-21(9-7-20)17(22)13-3-2-4-14(19)11-13/h2-5,10-11H,6-9,12H2,1H3. The minimum atomic E-state index is -0.404. The molecule has 1 aliphatic rings. The summed E-state index contributed by atoms with van der Waals surface area (Å²) in [6, 6.07) is 8.59. The highest BCUT2D eigenvalue weighted by molar-refractivity contribution is 6.30. The Hall–Kier alpha value is -2.31. The van der Waals surface area contributed by atoms with E-state index >= 15 is 0 Å². The zero-order valence-corrected chi connectivity index (χ0v) is 14.7. The molecule has 25 heavy (non-hydrogen) atoms. The molecule has 1 aliphatic heterocycles. The average Bonchev–Trinajstić information content (AvgIpc) is 3.09. The average molecular weight is 363 g/mol. The van der Waals surface area contributed by atoms with E-state index in [1.165, 1.54) is 13.4 Å². The van der Waals surface area contributed by atoms with Crippen molar-refractivity contribution < 1.29 is 18.7 Å². The van der Waals surface area contributed by atoms with Crippen LogP contribution in [0.2, 0.25) is 5.02 Å². The maximum Gasteiger partial charge on any atom is 0.341 e. The Morgan fingerprint density at radius 2 is 1.96 bits per heavy atom. The third kappa shape index (κ3) is 4.03. The number of rotatable bonds is 4. The van der Waals surface area contributed by atoms with Crippen LogP contribution < -0.4 is 0 Å². The predicted molar refractivity (Wildman–Crippen MR) is 92.7 cm³/mol. The zero-order chi connectivity index (χ0) is 17.8. The van der Waals surface area contributed by atoms with E-state index in [1.807, 2.05) is 4.90 Å². The summed E-state index contributed by atoms with van der Waals surface area (Å²) in [5.74, 6) is 0.162. The summed E-state index contributed by atoms with van der Waals surface area (Å²) < 4.78 is 10.2. The first-order valence-electron chi connectivity index (χ1n) is 8.00. The minimum absolute atomic E-state index is 0.0181. The van der Waals surface area contributed by atoms with Gasteiger partial charge < -0.3 is 14.1 Å². The van der Waals surface area contributed by atoms with E-state index in [0.717, 1.165) is 0 Å². The van der Waals surface area contributed by atoms with Gasteiger partial charge in [-0.1, -0.05) is 17.7 Å². The Morgan fingerprint density at radius 1 is 1.20 bits per heavy atom. The van der Waals surface area contributed by atoms with Crippen molar-refractivity contribution in [2.75, 3.05) is 33.3 Å². The SMILES string of the molecule is COC(=O)c1ccoc1CN1CCN(C(=O)c2cccc(Cl)c2)CC1. The quantitative estimate of drug-likeness (QED) is 0.782. The van der Waals surface area contributed by atoms with Gasteiger partial charge in [0.1, 0.15) is 11.3 Å². The summed E-state index contributed by atoms with van der Waals surface area (Å²) in [6.45, 7) is 3.14. The molecule has 2 heterocycles. The topological polar surface area (TPSA) is 63.0 Å². The van der Waals surface area contributed by atoms with Crippen molar-refractivity contribution in [2.24, 2.45) is 0 Å². The lowest BCUT2D eigenvalue weighted by Gasteiger charge is -2.34. The summed E-state index contributed by atoms with van der Waals surface area (Å²) in [7, 11) is 1.35. The molecular formula is C18H19ClN2O4. The van der Waals surface area contributed by atoms with Crippen molar-refractivity contribution in [3.63, 3.8) is 0 Å². The van der Waals surface area contributed by atoms with Crippen LogP contribution in [0.4, 0.5) is 0 Å². The maximum absolute atomic E-state index is 12.5. The maximum atomic E-state index is 12.5. The molecule has 1 aromatic carbocycles. The number of hydrogen-bond donors (Lipinski definition) is 0. The molecular weight excluding hydrogens is 344 g/mol. The first-order valence-corrected chi connectivity index (χ1v) is 8.38. The zero-order valence-electron chi connectivity index (χ0n) is 13.9. The number of amides is 1. The molecule has 0 bridgehead atoms. The first-order chi connectivity index (χ1) is 12.1. The van der Waals surface area contributed by atoms with Gasteiger partial charge in [0.05, 0.1) is 19.9 Å². The van der Waals surface area contributed by atoms with Crippen molar-refractivity contribution >= 4 is 23.5 Å². The van der Waals surface area contributed by atoms with E-state index in [2.05, 4.69) is 4.90 Å². The van der Waals surface area contributed by atoms with Crippen molar-refractivity contribution in [1.29, 1.82) is 0 Å². The van der Waals surface area contributed by atoms with Gasteiger partial charge in [-0.25, -0.2) is 4.79 Å². The lowest BCUT2D eigenvalue weighted by Crippen LogP contribution is -2.48. The lowest BCUT2D eigenvalue weighted by atomic mass is 10.1. The summed E-state index contributed by atoms with van der Waals surface area (Å²) in [6.07, 6.45) is 1.49. The molecule has 0 saturated carbocycles. The second-order valence-electron chi connectivity index (χ2n) is 5.83. The van der Waals surface area contributed by atoms with Gasteiger partial charge in [-0.15, -0.1) is 0 Å². The van der Waals surface area contributed by atoms with Crippen LogP contribution in [0.1, 0.15) is 26.5 Å². The molecule has 1 saturated heterocycles. The van der Waals surface area contributed by atoms with Gasteiger partial charge in [0.25, 0.3) is 5.91 Å². The minimum Gasteiger partial charge on any atom is -0.467 e. The summed E-state index contributed by atoms with van der Waals surface area (Å²) in [4.78, 5) is 28.2. The smallest absolute Gasteiger partial charge is 0.341 e. The molecule has 1 fully saturated rings. The second-order valence-corrected chi connectivity index (χ2v) is 6.26.